The van der Waals surface area contributed by atoms with E-state index in [4.69, 9.17) is 17.3 Å². The maximum Gasteiger partial charge on any atom is 0.261 e. The fourth-order valence-corrected chi connectivity index (χ4v) is 2.14. The standard InChI is InChI=1S/C11H11ClFN3O/c1-4(14)8-6(12)3-7-9(10(8)13)11(17)16-5(2)15-7/h3-4H,14H2,1-2H3,(H,15,16,17). The summed E-state index contributed by atoms with van der Waals surface area (Å²) >= 11 is 5.94. The van der Waals surface area contributed by atoms with Crippen LogP contribution in [0.2, 0.25) is 5.02 Å². The highest BCUT2D eigenvalue weighted by Gasteiger charge is 2.18. The van der Waals surface area contributed by atoms with Crippen LogP contribution < -0.4 is 11.3 Å². The van der Waals surface area contributed by atoms with E-state index in [2.05, 4.69) is 9.97 Å². The maximum absolute atomic E-state index is 14.1. The van der Waals surface area contributed by atoms with Gasteiger partial charge < -0.3 is 10.7 Å². The lowest BCUT2D eigenvalue weighted by Gasteiger charge is -2.11. The molecule has 17 heavy (non-hydrogen) atoms. The minimum absolute atomic E-state index is 0.104. The number of hydrogen-bond donors (Lipinski definition) is 2. The minimum atomic E-state index is -0.698. The molecule has 0 saturated heterocycles. The highest BCUT2D eigenvalue weighted by Crippen LogP contribution is 2.28. The van der Waals surface area contributed by atoms with Gasteiger partial charge in [-0.25, -0.2) is 9.37 Å². The number of nitrogens with two attached hydrogens (primary N) is 1. The quantitative estimate of drug-likeness (QED) is 0.819. The molecule has 0 aliphatic carbocycles. The lowest BCUT2D eigenvalue weighted by Crippen LogP contribution is -2.15. The Kier molecular flexibility index (Phi) is 2.89. The number of aromatic amines is 1. The molecule has 1 unspecified atom stereocenters. The van der Waals surface area contributed by atoms with Crippen molar-refractivity contribution < 1.29 is 4.39 Å². The van der Waals surface area contributed by atoms with Gasteiger partial charge in [0.25, 0.3) is 5.56 Å². The van der Waals surface area contributed by atoms with E-state index >= 15 is 0 Å². The van der Waals surface area contributed by atoms with Crippen molar-refractivity contribution in [3.05, 3.63) is 38.6 Å². The molecule has 90 valence electrons. The summed E-state index contributed by atoms with van der Waals surface area (Å²) in [6.07, 6.45) is 0. The Morgan fingerprint density at radius 3 is 2.82 bits per heavy atom. The third-order valence-corrected chi connectivity index (χ3v) is 2.81. The van der Waals surface area contributed by atoms with E-state index < -0.39 is 17.4 Å². The summed E-state index contributed by atoms with van der Waals surface area (Å²) in [5, 5.41) is 0.0785. The molecule has 3 N–H and O–H groups in total. The van der Waals surface area contributed by atoms with Crippen molar-refractivity contribution in [2.24, 2.45) is 5.73 Å². The fourth-order valence-electron chi connectivity index (χ4n) is 1.78. The van der Waals surface area contributed by atoms with E-state index in [1.54, 1.807) is 13.8 Å². The highest BCUT2D eigenvalue weighted by molar-refractivity contribution is 6.32. The Labute approximate surface area is 102 Å². The molecule has 1 aromatic carbocycles. The van der Waals surface area contributed by atoms with Crippen LogP contribution in [0.25, 0.3) is 10.9 Å². The molecule has 1 aromatic heterocycles. The first-order chi connectivity index (χ1) is 7.91. The SMILES string of the molecule is Cc1nc2cc(Cl)c(C(C)N)c(F)c2c(=O)[nH]1. The summed E-state index contributed by atoms with van der Waals surface area (Å²) in [5.41, 5.74) is 5.47. The van der Waals surface area contributed by atoms with Crippen LogP contribution in [0.5, 0.6) is 0 Å². The van der Waals surface area contributed by atoms with Gasteiger partial charge in [-0.1, -0.05) is 11.6 Å². The van der Waals surface area contributed by atoms with E-state index in [0.29, 0.717) is 5.82 Å². The molecule has 1 heterocycles. The Morgan fingerprint density at radius 2 is 2.24 bits per heavy atom. The minimum Gasteiger partial charge on any atom is -0.324 e. The number of nitrogens with zero attached hydrogens (tertiary/aromatic N) is 1. The number of aryl methyl sites for hydroxylation is 1. The van der Waals surface area contributed by atoms with Crippen LogP contribution >= 0.6 is 11.6 Å². The third kappa shape index (κ3) is 1.92. The van der Waals surface area contributed by atoms with E-state index in [1.807, 2.05) is 0 Å². The number of nitrogens with one attached hydrogen (secondary N) is 1. The van der Waals surface area contributed by atoms with Crippen LogP contribution in [0.3, 0.4) is 0 Å². The van der Waals surface area contributed by atoms with Crippen LogP contribution in [0.1, 0.15) is 24.4 Å². The molecule has 0 fully saturated rings. The van der Waals surface area contributed by atoms with Crippen molar-refractivity contribution in [1.29, 1.82) is 0 Å². The van der Waals surface area contributed by atoms with Crippen molar-refractivity contribution in [3.63, 3.8) is 0 Å². The monoisotopic (exact) mass is 255 g/mol. The van der Waals surface area contributed by atoms with Gasteiger partial charge in [-0.05, 0) is 19.9 Å². The van der Waals surface area contributed by atoms with Gasteiger partial charge in [0.05, 0.1) is 10.5 Å². The van der Waals surface area contributed by atoms with E-state index in [-0.39, 0.29) is 21.5 Å². The highest BCUT2D eigenvalue weighted by atomic mass is 35.5. The van der Waals surface area contributed by atoms with Gasteiger partial charge in [0.1, 0.15) is 17.0 Å². The van der Waals surface area contributed by atoms with Crippen LogP contribution in [0, 0.1) is 12.7 Å². The molecular formula is C11H11ClFN3O. The summed E-state index contributed by atoms with van der Waals surface area (Å²) in [6.45, 7) is 3.22. The Hall–Kier alpha value is -1.46. The third-order valence-electron chi connectivity index (χ3n) is 2.50. The van der Waals surface area contributed by atoms with Crippen molar-refractivity contribution in [3.8, 4) is 0 Å². The van der Waals surface area contributed by atoms with Crippen molar-refractivity contribution in [2.45, 2.75) is 19.9 Å². The normalized spacial score (nSPS) is 13.0. The van der Waals surface area contributed by atoms with Crippen molar-refractivity contribution in [2.75, 3.05) is 0 Å². The van der Waals surface area contributed by atoms with Gasteiger partial charge in [-0.15, -0.1) is 0 Å². The Balaban J connectivity index is 2.97. The van der Waals surface area contributed by atoms with Gasteiger partial charge in [-0.2, -0.15) is 0 Å². The number of halogens is 2. The molecule has 0 amide bonds. The molecule has 2 rings (SSSR count). The number of hydrogen-bond acceptors (Lipinski definition) is 3. The Morgan fingerprint density at radius 1 is 1.59 bits per heavy atom. The molecule has 0 spiro atoms. The number of fused-ring (bicyclic) bond motifs is 1. The first-order valence-corrected chi connectivity index (χ1v) is 5.43. The Bertz CT molecular complexity index is 651. The first-order valence-electron chi connectivity index (χ1n) is 5.06. The van der Waals surface area contributed by atoms with Crippen LogP contribution in [0.15, 0.2) is 10.9 Å². The molecule has 0 bridgehead atoms. The topological polar surface area (TPSA) is 71.8 Å². The second kappa shape index (κ2) is 4.09. The summed E-state index contributed by atoms with van der Waals surface area (Å²) in [7, 11) is 0. The van der Waals surface area contributed by atoms with Gasteiger partial charge >= 0.3 is 0 Å². The van der Waals surface area contributed by atoms with E-state index in [0.717, 1.165) is 0 Å². The number of aromatic nitrogens is 2. The molecule has 4 nitrogen and oxygen atoms in total. The van der Waals surface area contributed by atoms with Gasteiger partial charge in [-0.3, -0.25) is 4.79 Å². The van der Waals surface area contributed by atoms with Crippen LogP contribution in [0.4, 0.5) is 4.39 Å². The smallest absolute Gasteiger partial charge is 0.261 e. The molecule has 2 aromatic rings. The van der Waals surface area contributed by atoms with Crippen LogP contribution in [-0.4, -0.2) is 9.97 Å². The maximum atomic E-state index is 14.1. The second-order valence-corrected chi connectivity index (χ2v) is 4.33. The zero-order valence-corrected chi connectivity index (χ0v) is 10.1. The van der Waals surface area contributed by atoms with Crippen LogP contribution in [-0.2, 0) is 0 Å². The zero-order valence-electron chi connectivity index (χ0n) is 9.34. The molecular weight excluding hydrogens is 245 g/mol. The average Bonchev–Trinajstić information content (AvgIpc) is 2.13. The van der Waals surface area contributed by atoms with E-state index in [1.165, 1.54) is 6.07 Å². The zero-order chi connectivity index (χ0) is 12.7. The molecule has 1 atom stereocenters. The van der Waals surface area contributed by atoms with E-state index in [9.17, 15) is 9.18 Å². The van der Waals surface area contributed by atoms with Crippen molar-refractivity contribution >= 4 is 22.5 Å². The van der Waals surface area contributed by atoms with Gasteiger partial charge in [0.15, 0.2) is 0 Å². The first kappa shape index (κ1) is 12.0. The lowest BCUT2D eigenvalue weighted by atomic mass is 10.1. The number of rotatable bonds is 1. The average molecular weight is 256 g/mol. The summed E-state index contributed by atoms with van der Waals surface area (Å²) in [4.78, 5) is 18.2. The molecule has 6 heteroatoms. The summed E-state index contributed by atoms with van der Waals surface area (Å²) in [5.74, 6) is -0.289. The summed E-state index contributed by atoms with van der Waals surface area (Å²) in [6, 6.07) is 0.869. The lowest BCUT2D eigenvalue weighted by molar-refractivity contribution is 0.603. The second-order valence-electron chi connectivity index (χ2n) is 3.92. The predicted octanol–water partition coefficient (Wildman–Crippen LogP) is 2.04. The predicted molar refractivity (Wildman–Crippen MR) is 64.7 cm³/mol. The molecule has 0 aliphatic rings. The van der Waals surface area contributed by atoms with Gasteiger partial charge in [0.2, 0.25) is 0 Å². The summed E-state index contributed by atoms with van der Waals surface area (Å²) < 4.78 is 14.1. The van der Waals surface area contributed by atoms with Gasteiger partial charge in [0, 0.05) is 11.6 Å². The molecule has 0 radical (unpaired) electrons. The fraction of sp³-hybridized carbons (Fsp3) is 0.273. The molecule has 0 aliphatic heterocycles. The number of benzene rings is 1. The van der Waals surface area contributed by atoms with Crippen molar-refractivity contribution in [1.82, 2.24) is 9.97 Å². The number of H-pyrrole nitrogens is 1. The molecule has 0 saturated carbocycles. The largest absolute Gasteiger partial charge is 0.324 e.